The molecule has 6 heterocycles. The van der Waals surface area contributed by atoms with Crippen molar-refractivity contribution in [2.24, 2.45) is 28.2 Å². The predicted octanol–water partition coefficient (Wildman–Crippen LogP) is -4.59. The zero-order valence-electron chi connectivity index (χ0n) is 24.0. The van der Waals surface area contributed by atoms with Crippen molar-refractivity contribution < 1.29 is 57.0 Å². The summed E-state index contributed by atoms with van der Waals surface area (Å²) in [5.74, 6) is 3.56. The van der Waals surface area contributed by atoms with Crippen molar-refractivity contribution >= 4 is 0 Å². The molecule has 0 spiro atoms. The van der Waals surface area contributed by atoms with Crippen molar-refractivity contribution in [1.82, 2.24) is 48.2 Å². The Labute approximate surface area is 278 Å². The second-order valence-electron chi connectivity index (χ2n) is 8.88. The van der Waals surface area contributed by atoms with Crippen molar-refractivity contribution in [3.05, 3.63) is 97.4 Å². The molecular weight excluding hydrogens is 773 g/mol. The zero-order valence-corrected chi connectivity index (χ0v) is 28.9. The molecule has 0 radical (unpaired) electrons. The van der Waals surface area contributed by atoms with Crippen molar-refractivity contribution in [2.75, 3.05) is 0 Å². The number of halogens is 3. The van der Waals surface area contributed by atoms with Crippen LogP contribution in [0.3, 0.4) is 0 Å². The molecule has 6 aromatic rings. The van der Waals surface area contributed by atoms with Crippen LogP contribution in [0.15, 0.2) is 86.2 Å². The van der Waals surface area contributed by atoms with Crippen LogP contribution in [-0.4, -0.2) is 48.2 Å². The van der Waals surface area contributed by atoms with E-state index < -0.39 is 0 Å². The monoisotopic (exact) mass is 805 g/mol. The molecule has 6 rings (SSSR count). The minimum atomic E-state index is 0. The van der Waals surface area contributed by atoms with Crippen molar-refractivity contribution in [3.8, 4) is 34.7 Å². The smallest absolute Gasteiger partial charge is 0.176 e. The molecule has 10 nitrogen and oxygen atoms in total. The van der Waals surface area contributed by atoms with E-state index in [-0.39, 0.29) is 57.0 Å². The maximum atomic E-state index is 4.29. The second-order valence-corrected chi connectivity index (χ2v) is 8.88. The molecule has 6 aromatic heterocycles. The number of rotatable bonds is 3. The maximum absolute atomic E-state index is 4.29. The van der Waals surface area contributed by atoms with E-state index in [1.54, 1.807) is 24.8 Å². The minimum Gasteiger partial charge on any atom is -1.00 e. The quantitative estimate of drug-likeness (QED) is 0.179. The summed E-state index contributed by atoms with van der Waals surface area (Å²) in [6.45, 7) is 4.11. The van der Waals surface area contributed by atoms with Gasteiger partial charge in [0.05, 0.1) is 11.4 Å². The van der Waals surface area contributed by atoms with E-state index in [2.05, 4.69) is 43.8 Å². The van der Waals surface area contributed by atoms with Gasteiger partial charge >= 0.3 is 0 Å². The fourth-order valence-corrected chi connectivity index (χ4v) is 3.68. The summed E-state index contributed by atoms with van der Waals surface area (Å²) in [6, 6.07) is 8.06. The summed E-state index contributed by atoms with van der Waals surface area (Å²) < 4.78 is 7.79. The summed E-state index contributed by atoms with van der Waals surface area (Å²) in [4.78, 5) is 25.4. The van der Waals surface area contributed by atoms with E-state index in [1.165, 1.54) is 11.1 Å². The van der Waals surface area contributed by atoms with Crippen molar-refractivity contribution in [2.45, 2.75) is 13.8 Å². The number of hydrogen-bond donors (Lipinski definition) is 0. The molecule has 0 aliphatic carbocycles. The van der Waals surface area contributed by atoms with Crippen LogP contribution in [-0.2, 0) is 48.0 Å². The van der Waals surface area contributed by atoms with Crippen LogP contribution in [0.2, 0.25) is 0 Å². The first-order valence-corrected chi connectivity index (χ1v) is 12.1. The summed E-state index contributed by atoms with van der Waals surface area (Å²) in [5, 5.41) is 0. The first-order chi connectivity index (χ1) is 18.3. The first kappa shape index (κ1) is 38.6. The normalized spacial score (nSPS) is 9.38. The summed E-state index contributed by atoms with van der Waals surface area (Å²) >= 11 is 0. The second kappa shape index (κ2) is 18.2. The molecule has 0 aliphatic rings. The average molecular weight is 805 g/mol. The van der Waals surface area contributed by atoms with Gasteiger partial charge in [-0.15, -0.1) is 0 Å². The van der Waals surface area contributed by atoms with E-state index in [0.717, 1.165) is 34.7 Å². The Morgan fingerprint density at radius 3 is 0.881 bits per heavy atom. The standard InChI is InChI=1S/C12H12N2.2C8H10N4.3ClH.Os/c1-9-3-5-13-11(7-9)12-8-10(2)4-6-14-12;2*1-11-5-3-9-7(11)8-10-4-6-12(8)2;;;;/h3-8H,1-2H3;2*3-6H,1-2H3;3*1H;/p-3. The molecule has 0 fully saturated rings. The Morgan fingerprint density at radius 2 is 0.690 bits per heavy atom. The average Bonchev–Trinajstić information content (AvgIpc) is 3.70. The van der Waals surface area contributed by atoms with Gasteiger partial charge in [0.25, 0.3) is 0 Å². The molecule has 14 heteroatoms. The van der Waals surface area contributed by atoms with Gasteiger partial charge in [0.2, 0.25) is 0 Å². The molecule has 0 unspecified atom stereocenters. The third-order valence-electron chi connectivity index (χ3n) is 5.78. The Bertz CT molecular complexity index is 1430. The number of hydrogen-bond acceptors (Lipinski definition) is 6. The van der Waals surface area contributed by atoms with Crippen LogP contribution >= 0.6 is 0 Å². The molecule has 0 atom stereocenters. The third kappa shape index (κ3) is 9.88. The Balaban J connectivity index is 0.000000575. The van der Waals surface area contributed by atoms with Gasteiger partial charge in [-0.05, 0) is 49.2 Å². The fourth-order valence-electron chi connectivity index (χ4n) is 3.68. The van der Waals surface area contributed by atoms with Crippen LogP contribution in [0.4, 0.5) is 0 Å². The molecular formula is C28H32Cl3N10Os-3. The van der Waals surface area contributed by atoms with Gasteiger partial charge in [0.15, 0.2) is 23.3 Å². The molecule has 226 valence electrons. The van der Waals surface area contributed by atoms with Crippen LogP contribution in [0.25, 0.3) is 34.7 Å². The summed E-state index contributed by atoms with van der Waals surface area (Å²) in [7, 11) is 7.82. The third-order valence-corrected chi connectivity index (χ3v) is 5.78. The predicted molar refractivity (Wildman–Crippen MR) is 148 cm³/mol. The van der Waals surface area contributed by atoms with E-state index in [9.17, 15) is 0 Å². The molecule has 0 aliphatic heterocycles. The number of aryl methyl sites for hydroxylation is 6. The summed E-state index contributed by atoms with van der Waals surface area (Å²) in [5.41, 5.74) is 4.29. The van der Waals surface area contributed by atoms with Crippen molar-refractivity contribution in [1.29, 1.82) is 0 Å². The van der Waals surface area contributed by atoms with E-state index in [0.29, 0.717) is 0 Å². The van der Waals surface area contributed by atoms with Crippen LogP contribution < -0.4 is 37.2 Å². The van der Waals surface area contributed by atoms with E-state index in [1.807, 2.05) is 108 Å². The van der Waals surface area contributed by atoms with Gasteiger partial charge in [-0.1, -0.05) is 0 Å². The largest absolute Gasteiger partial charge is 1.00 e. The molecule has 0 bridgehead atoms. The SMILES string of the molecule is Cc1ccnc(-c2cc(C)ccn2)c1.Cn1ccnc1-c1nccn1C.Cn1ccnc1-c1nccn1C.[Cl-].[Cl-].[Cl-].[Os]. The van der Waals surface area contributed by atoms with E-state index >= 15 is 0 Å². The number of aromatic nitrogens is 10. The first-order valence-electron chi connectivity index (χ1n) is 12.1. The molecule has 0 aromatic carbocycles. The van der Waals surface area contributed by atoms with Gasteiger partial charge in [0, 0.05) is 110 Å². The van der Waals surface area contributed by atoms with Gasteiger partial charge in [-0.3, -0.25) is 9.97 Å². The molecule has 0 amide bonds. The van der Waals surface area contributed by atoms with Gasteiger partial charge in [-0.2, -0.15) is 0 Å². The molecule has 0 saturated heterocycles. The molecule has 42 heavy (non-hydrogen) atoms. The van der Waals surface area contributed by atoms with Crippen LogP contribution in [0.1, 0.15) is 11.1 Å². The van der Waals surface area contributed by atoms with Gasteiger partial charge in [-0.25, -0.2) is 19.9 Å². The van der Waals surface area contributed by atoms with Gasteiger partial charge < -0.3 is 55.5 Å². The van der Waals surface area contributed by atoms with Crippen LogP contribution in [0, 0.1) is 13.8 Å². The maximum Gasteiger partial charge on any atom is 0.176 e. The minimum absolute atomic E-state index is 0. The topological polar surface area (TPSA) is 97.1 Å². The Morgan fingerprint density at radius 1 is 0.429 bits per heavy atom. The molecule has 0 N–H and O–H groups in total. The van der Waals surface area contributed by atoms with Crippen molar-refractivity contribution in [3.63, 3.8) is 0 Å². The Hall–Kier alpha value is -3.35. The Kier molecular flexibility index (Phi) is 16.8. The number of nitrogens with zero attached hydrogens (tertiary/aromatic N) is 10. The molecule has 0 saturated carbocycles. The van der Waals surface area contributed by atoms with Crippen LogP contribution in [0.5, 0.6) is 0 Å². The fraction of sp³-hybridized carbons (Fsp3) is 0.214. The van der Waals surface area contributed by atoms with E-state index in [4.69, 9.17) is 0 Å². The summed E-state index contributed by atoms with van der Waals surface area (Å²) in [6.07, 6.45) is 18.3. The zero-order chi connectivity index (χ0) is 27.1. The van der Waals surface area contributed by atoms with Gasteiger partial charge in [0.1, 0.15) is 0 Å². The number of imidazole rings is 4. The number of pyridine rings is 2.